The Morgan fingerprint density at radius 2 is 2.27 bits per heavy atom. The number of hydrogen-bond donors (Lipinski definition) is 1. The van der Waals surface area contributed by atoms with Crippen molar-refractivity contribution in [2.45, 2.75) is 24.8 Å². The van der Waals surface area contributed by atoms with Gasteiger partial charge in [0.1, 0.15) is 5.82 Å². The molecule has 1 aromatic heterocycles. The first-order chi connectivity index (χ1) is 7.13. The van der Waals surface area contributed by atoms with Crippen LogP contribution in [0.2, 0.25) is 0 Å². The highest BCUT2D eigenvalue weighted by molar-refractivity contribution is 5.99. The maximum atomic E-state index is 12.0. The zero-order valence-electron chi connectivity index (χ0n) is 8.81. The Kier molecular flexibility index (Phi) is 2.44. The van der Waals surface area contributed by atoms with Gasteiger partial charge in [-0.15, -0.1) is 0 Å². The molecule has 15 heavy (non-hydrogen) atoms. The fourth-order valence-corrected chi connectivity index (χ4v) is 1.76. The highest BCUT2D eigenvalue weighted by Crippen LogP contribution is 2.31. The summed E-state index contributed by atoms with van der Waals surface area (Å²) in [6, 6.07) is 5.49. The van der Waals surface area contributed by atoms with Gasteiger partial charge in [0.25, 0.3) is 0 Å². The van der Waals surface area contributed by atoms with Crippen LogP contribution < -0.4 is 10.6 Å². The van der Waals surface area contributed by atoms with E-state index in [9.17, 15) is 4.79 Å². The molecular formula is C11H15N3O. The van der Waals surface area contributed by atoms with Crippen molar-refractivity contribution in [1.29, 1.82) is 0 Å². The van der Waals surface area contributed by atoms with Gasteiger partial charge in [-0.3, -0.25) is 9.69 Å². The molecule has 0 aromatic carbocycles. The number of anilines is 1. The van der Waals surface area contributed by atoms with Crippen LogP contribution in [0.15, 0.2) is 24.4 Å². The lowest BCUT2D eigenvalue weighted by Gasteiger charge is -2.38. The first-order valence-corrected chi connectivity index (χ1v) is 5.11. The maximum Gasteiger partial charge on any atom is 0.247 e. The van der Waals surface area contributed by atoms with Gasteiger partial charge in [0.05, 0.1) is 5.54 Å². The number of aromatic nitrogens is 1. The third kappa shape index (κ3) is 1.72. The van der Waals surface area contributed by atoms with Gasteiger partial charge in [-0.05, 0) is 31.4 Å². The Balaban J connectivity index is 2.15. The van der Waals surface area contributed by atoms with Gasteiger partial charge in [-0.2, -0.15) is 0 Å². The zero-order valence-corrected chi connectivity index (χ0v) is 8.81. The number of nitrogens with two attached hydrogens (primary N) is 1. The van der Waals surface area contributed by atoms with E-state index in [1.54, 1.807) is 24.2 Å². The largest absolute Gasteiger partial charge is 0.317 e. The predicted octanol–water partition coefficient (Wildman–Crippen LogP) is 0.926. The Hall–Kier alpha value is -1.42. The average Bonchev–Trinajstić information content (AvgIpc) is 2.25. The third-order valence-corrected chi connectivity index (χ3v) is 2.97. The fraction of sp³-hybridized carbons (Fsp3) is 0.455. The highest BCUT2D eigenvalue weighted by Gasteiger charge is 2.42. The van der Waals surface area contributed by atoms with E-state index in [0.29, 0.717) is 5.82 Å². The summed E-state index contributed by atoms with van der Waals surface area (Å²) in [5, 5.41) is 0. The van der Waals surface area contributed by atoms with E-state index < -0.39 is 5.54 Å². The van der Waals surface area contributed by atoms with Gasteiger partial charge in [0.15, 0.2) is 0 Å². The van der Waals surface area contributed by atoms with Crippen molar-refractivity contribution in [2.75, 3.05) is 11.9 Å². The number of nitrogens with zero attached hydrogens (tertiary/aromatic N) is 2. The van der Waals surface area contributed by atoms with Crippen LogP contribution in [0.4, 0.5) is 5.82 Å². The van der Waals surface area contributed by atoms with Crippen LogP contribution in [0.3, 0.4) is 0 Å². The summed E-state index contributed by atoms with van der Waals surface area (Å²) in [6.45, 7) is 0. The molecule has 1 aliphatic rings. The summed E-state index contributed by atoms with van der Waals surface area (Å²) in [5.41, 5.74) is 5.32. The summed E-state index contributed by atoms with van der Waals surface area (Å²) in [4.78, 5) is 17.7. The van der Waals surface area contributed by atoms with Gasteiger partial charge >= 0.3 is 0 Å². The van der Waals surface area contributed by atoms with Gasteiger partial charge in [-0.1, -0.05) is 6.07 Å². The van der Waals surface area contributed by atoms with Crippen LogP contribution in [0, 0.1) is 0 Å². The molecule has 0 unspecified atom stereocenters. The van der Waals surface area contributed by atoms with E-state index in [1.807, 2.05) is 12.1 Å². The Labute approximate surface area is 89.1 Å². The lowest BCUT2D eigenvalue weighted by Crippen LogP contribution is -2.59. The molecule has 0 aliphatic heterocycles. The van der Waals surface area contributed by atoms with E-state index in [2.05, 4.69) is 4.98 Å². The number of pyridine rings is 1. The standard InChI is InChI=1S/C11H15N3O/c1-14(9-5-2-3-8-13-9)10(15)11(12)6-4-7-11/h2-3,5,8H,4,6-7,12H2,1H3. The smallest absolute Gasteiger partial charge is 0.247 e. The molecule has 0 spiro atoms. The van der Waals surface area contributed by atoms with Crippen LogP contribution in [0.25, 0.3) is 0 Å². The molecule has 1 heterocycles. The van der Waals surface area contributed by atoms with Crippen LogP contribution in [0.5, 0.6) is 0 Å². The van der Waals surface area contributed by atoms with E-state index in [0.717, 1.165) is 19.3 Å². The molecule has 1 fully saturated rings. The van der Waals surface area contributed by atoms with E-state index in [-0.39, 0.29) is 5.91 Å². The van der Waals surface area contributed by atoms with Crippen molar-refractivity contribution >= 4 is 11.7 Å². The molecule has 2 rings (SSSR count). The molecule has 2 N–H and O–H groups in total. The van der Waals surface area contributed by atoms with Crippen molar-refractivity contribution < 1.29 is 4.79 Å². The number of rotatable bonds is 2. The lowest BCUT2D eigenvalue weighted by atomic mass is 9.76. The zero-order chi connectivity index (χ0) is 10.9. The minimum Gasteiger partial charge on any atom is -0.317 e. The first-order valence-electron chi connectivity index (χ1n) is 5.11. The van der Waals surface area contributed by atoms with Crippen LogP contribution >= 0.6 is 0 Å². The molecule has 80 valence electrons. The van der Waals surface area contributed by atoms with Crippen LogP contribution in [-0.2, 0) is 4.79 Å². The second-order valence-corrected chi connectivity index (χ2v) is 4.06. The minimum atomic E-state index is -0.647. The minimum absolute atomic E-state index is 0.0348. The van der Waals surface area contributed by atoms with Crippen molar-refractivity contribution in [3.05, 3.63) is 24.4 Å². The van der Waals surface area contributed by atoms with Crippen molar-refractivity contribution in [2.24, 2.45) is 5.73 Å². The summed E-state index contributed by atoms with van der Waals surface area (Å²) >= 11 is 0. The molecule has 0 atom stereocenters. The second kappa shape index (κ2) is 3.62. The predicted molar refractivity (Wildman–Crippen MR) is 58.4 cm³/mol. The van der Waals surface area contributed by atoms with E-state index in [4.69, 9.17) is 5.73 Å². The summed E-state index contributed by atoms with van der Waals surface area (Å²) in [6.07, 6.45) is 4.27. The Morgan fingerprint density at radius 1 is 1.53 bits per heavy atom. The summed E-state index contributed by atoms with van der Waals surface area (Å²) in [7, 11) is 1.72. The van der Waals surface area contributed by atoms with Gasteiger partial charge < -0.3 is 5.73 Å². The SMILES string of the molecule is CN(C(=O)C1(N)CCC1)c1ccccn1. The second-order valence-electron chi connectivity index (χ2n) is 4.06. The molecule has 1 aliphatic carbocycles. The molecule has 1 aromatic rings. The topological polar surface area (TPSA) is 59.2 Å². The molecule has 0 saturated heterocycles. The van der Waals surface area contributed by atoms with Crippen LogP contribution in [0.1, 0.15) is 19.3 Å². The average molecular weight is 205 g/mol. The molecule has 1 saturated carbocycles. The van der Waals surface area contributed by atoms with Crippen molar-refractivity contribution in [1.82, 2.24) is 4.98 Å². The highest BCUT2D eigenvalue weighted by atomic mass is 16.2. The molecule has 1 amide bonds. The normalized spacial score (nSPS) is 18.0. The third-order valence-electron chi connectivity index (χ3n) is 2.97. The number of carbonyl (C=O) groups excluding carboxylic acids is 1. The van der Waals surface area contributed by atoms with E-state index >= 15 is 0 Å². The lowest BCUT2D eigenvalue weighted by molar-refractivity contribution is -0.126. The molecule has 4 heteroatoms. The number of carbonyl (C=O) groups is 1. The molecule has 0 radical (unpaired) electrons. The summed E-state index contributed by atoms with van der Waals surface area (Å²) < 4.78 is 0. The Morgan fingerprint density at radius 3 is 2.73 bits per heavy atom. The van der Waals surface area contributed by atoms with Gasteiger partial charge in [0, 0.05) is 13.2 Å². The number of amides is 1. The molecule has 4 nitrogen and oxygen atoms in total. The van der Waals surface area contributed by atoms with Crippen molar-refractivity contribution in [3.63, 3.8) is 0 Å². The first kappa shape index (κ1) is 10.1. The monoisotopic (exact) mass is 205 g/mol. The summed E-state index contributed by atoms with van der Waals surface area (Å²) in [5.74, 6) is 0.617. The van der Waals surface area contributed by atoms with Crippen molar-refractivity contribution in [3.8, 4) is 0 Å². The fourth-order valence-electron chi connectivity index (χ4n) is 1.76. The maximum absolute atomic E-state index is 12.0. The van der Waals surface area contributed by atoms with Crippen LogP contribution in [-0.4, -0.2) is 23.5 Å². The Bertz CT molecular complexity index is 359. The number of likely N-dealkylation sites (N-methyl/N-ethyl adjacent to an activating group) is 1. The van der Waals surface area contributed by atoms with E-state index in [1.165, 1.54) is 0 Å². The number of hydrogen-bond acceptors (Lipinski definition) is 3. The van der Waals surface area contributed by atoms with Gasteiger partial charge in [0.2, 0.25) is 5.91 Å². The molecular weight excluding hydrogens is 190 g/mol. The quantitative estimate of drug-likeness (QED) is 0.781. The molecule has 0 bridgehead atoms. The van der Waals surface area contributed by atoms with Gasteiger partial charge in [-0.25, -0.2) is 4.98 Å².